The second kappa shape index (κ2) is 5.19. The first kappa shape index (κ1) is 13.4. The highest BCUT2D eigenvalue weighted by atomic mass is 16.3. The third-order valence-corrected chi connectivity index (χ3v) is 4.14. The van der Waals surface area contributed by atoms with Gasteiger partial charge in [0.15, 0.2) is 5.65 Å². The van der Waals surface area contributed by atoms with Crippen molar-refractivity contribution in [2.75, 3.05) is 13.1 Å². The Bertz CT molecular complexity index is 884. The molecule has 7 heteroatoms. The summed E-state index contributed by atoms with van der Waals surface area (Å²) in [7, 11) is 0. The van der Waals surface area contributed by atoms with Gasteiger partial charge >= 0.3 is 5.69 Å². The normalized spacial score (nSPS) is 20.0. The molecule has 1 aromatic carbocycles. The van der Waals surface area contributed by atoms with Gasteiger partial charge in [-0.05, 0) is 25.0 Å². The molecular weight excluding hydrogens is 282 g/mol. The predicted molar refractivity (Wildman–Crippen MR) is 81.6 cm³/mol. The Hall–Kier alpha value is -2.25. The molecule has 3 aromatic rings. The monoisotopic (exact) mass is 299 g/mol. The maximum atomic E-state index is 12.5. The maximum Gasteiger partial charge on any atom is 0.352 e. The molecular formula is C15H17N5O2. The van der Waals surface area contributed by atoms with E-state index in [1.807, 2.05) is 24.3 Å². The summed E-state index contributed by atoms with van der Waals surface area (Å²) in [6, 6.07) is 7.64. The van der Waals surface area contributed by atoms with Crippen molar-refractivity contribution in [3.63, 3.8) is 0 Å². The topological polar surface area (TPSA) is 75.7 Å². The minimum atomic E-state index is -0.316. The third kappa shape index (κ3) is 2.18. The largest absolute Gasteiger partial charge is 0.392 e. The SMILES string of the molecule is O=c1n(CN2CCCC(O)C2)nc2c3ccccc3ncn12. The number of aliphatic hydroxyl groups excluding tert-OH is 1. The van der Waals surface area contributed by atoms with E-state index in [-0.39, 0.29) is 11.8 Å². The number of hydrogen-bond donors (Lipinski definition) is 1. The van der Waals surface area contributed by atoms with E-state index in [4.69, 9.17) is 0 Å². The van der Waals surface area contributed by atoms with Gasteiger partial charge in [-0.3, -0.25) is 4.90 Å². The van der Waals surface area contributed by atoms with Crippen molar-refractivity contribution < 1.29 is 5.11 Å². The van der Waals surface area contributed by atoms with E-state index in [0.717, 1.165) is 30.3 Å². The molecule has 0 bridgehead atoms. The van der Waals surface area contributed by atoms with Gasteiger partial charge in [0.1, 0.15) is 6.33 Å². The van der Waals surface area contributed by atoms with Gasteiger partial charge in [-0.15, -0.1) is 5.10 Å². The number of para-hydroxylation sites is 1. The third-order valence-electron chi connectivity index (χ3n) is 4.14. The number of aliphatic hydroxyl groups is 1. The van der Waals surface area contributed by atoms with Crippen molar-refractivity contribution in [1.29, 1.82) is 0 Å². The first-order valence-electron chi connectivity index (χ1n) is 7.46. The Morgan fingerprint density at radius 1 is 1.32 bits per heavy atom. The zero-order chi connectivity index (χ0) is 15.1. The molecule has 1 fully saturated rings. The minimum Gasteiger partial charge on any atom is -0.392 e. The first-order chi connectivity index (χ1) is 10.7. The van der Waals surface area contributed by atoms with Crippen LogP contribution in [0, 0.1) is 0 Å². The smallest absolute Gasteiger partial charge is 0.352 e. The summed E-state index contributed by atoms with van der Waals surface area (Å²) in [5.41, 5.74) is 1.24. The minimum absolute atomic E-state index is 0.201. The predicted octanol–water partition coefficient (Wildman–Crippen LogP) is 0.458. The second-order valence-corrected chi connectivity index (χ2v) is 5.75. The summed E-state index contributed by atoms with van der Waals surface area (Å²) in [6.07, 6.45) is 2.97. The number of β-amino-alcohol motifs (C(OH)–C–C–N with tert-alkyl or cyclic N) is 1. The van der Waals surface area contributed by atoms with Gasteiger partial charge in [-0.2, -0.15) is 4.68 Å². The molecule has 3 heterocycles. The van der Waals surface area contributed by atoms with E-state index in [2.05, 4.69) is 15.0 Å². The summed E-state index contributed by atoms with van der Waals surface area (Å²) >= 11 is 0. The van der Waals surface area contributed by atoms with Crippen LogP contribution in [0.5, 0.6) is 0 Å². The number of fused-ring (bicyclic) bond motifs is 3. The Balaban J connectivity index is 1.77. The van der Waals surface area contributed by atoms with Crippen molar-refractivity contribution in [2.45, 2.75) is 25.6 Å². The van der Waals surface area contributed by atoms with Crippen LogP contribution < -0.4 is 5.69 Å². The van der Waals surface area contributed by atoms with Gasteiger partial charge in [0, 0.05) is 18.5 Å². The molecule has 0 amide bonds. The van der Waals surface area contributed by atoms with Gasteiger partial charge < -0.3 is 5.11 Å². The lowest BCUT2D eigenvalue weighted by Crippen LogP contribution is -2.41. The van der Waals surface area contributed by atoms with Crippen molar-refractivity contribution in [3.8, 4) is 0 Å². The van der Waals surface area contributed by atoms with Crippen molar-refractivity contribution in [1.82, 2.24) is 24.1 Å². The summed E-state index contributed by atoms with van der Waals surface area (Å²) in [5.74, 6) is 0. The van der Waals surface area contributed by atoms with Gasteiger partial charge in [-0.1, -0.05) is 12.1 Å². The van der Waals surface area contributed by atoms with E-state index in [9.17, 15) is 9.90 Å². The van der Waals surface area contributed by atoms with Crippen LogP contribution in [0.25, 0.3) is 16.6 Å². The van der Waals surface area contributed by atoms with Crippen LogP contribution in [0.4, 0.5) is 0 Å². The van der Waals surface area contributed by atoms with Gasteiger partial charge in [-0.25, -0.2) is 14.2 Å². The molecule has 1 aliphatic rings. The average Bonchev–Trinajstić information content (AvgIpc) is 2.84. The van der Waals surface area contributed by atoms with Gasteiger partial charge in [0.2, 0.25) is 0 Å². The summed E-state index contributed by atoms with van der Waals surface area (Å²) in [4.78, 5) is 18.8. The standard InChI is InChI=1S/C15H17N5O2/c21-11-4-3-7-18(8-11)10-20-15(22)19-9-16-13-6-2-1-5-12(13)14(19)17-20/h1-2,5-6,9,11,21H,3-4,7-8,10H2. The fourth-order valence-corrected chi connectivity index (χ4v) is 3.04. The Morgan fingerprint density at radius 3 is 3.05 bits per heavy atom. The molecule has 1 unspecified atom stereocenters. The van der Waals surface area contributed by atoms with E-state index < -0.39 is 0 Å². The zero-order valence-electron chi connectivity index (χ0n) is 12.1. The summed E-state index contributed by atoms with van der Waals surface area (Å²) in [6.45, 7) is 1.85. The Kier molecular flexibility index (Phi) is 3.16. The molecule has 0 saturated carbocycles. The van der Waals surface area contributed by atoms with E-state index >= 15 is 0 Å². The summed E-state index contributed by atoms with van der Waals surface area (Å²) in [5, 5.41) is 15.1. The molecule has 0 spiro atoms. The van der Waals surface area contributed by atoms with Crippen LogP contribution >= 0.6 is 0 Å². The molecule has 22 heavy (non-hydrogen) atoms. The van der Waals surface area contributed by atoms with Crippen LogP contribution in [-0.2, 0) is 6.67 Å². The fraction of sp³-hybridized carbons (Fsp3) is 0.400. The molecule has 2 aromatic heterocycles. The zero-order valence-corrected chi connectivity index (χ0v) is 12.1. The highest BCUT2D eigenvalue weighted by molar-refractivity contribution is 5.90. The lowest BCUT2D eigenvalue weighted by molar-refractivity contribution is 0.0509. The van der Waals surface area contributed by atoms with E-state index in [0.29, 0.717) is 18.9 Å². The van der Waals surface area contributed by atoms with Gasteiger partial charge in [0.25, 0.3) is 0 Å². The molecule has 1 N–H and O–H groups in total. The van der Waals surface area contributed by atoms with Crippen molar-refractivity contribution in [2.24, 2.45) is 0 Å². The number of benzene rings is 1. The quantitative estimate of drug-likeness (QED) is 0.744. The van der Waals surface area contributed by atoms with Crippen LogP contribution in [0.2, 0.25) is 0 Å². The van der Waals surface area contributed by atoms with Gasteiger partial charge in [0.05, 0.1) is 18.3 Å². The van der Waals surface area contributed by atoms with E-state index in [1.54, 1.807) is 0 Å². The second-order valence-electron chi connectivity index (χ2n) is 5.75. The van der Waals surface area contributed by atoms with Crippen LogP contribution in [0.15, 0.2) is 35.4 Å². The highest BCUT2D eigenvalue weighted by Crippen LogP contribution is 2.15. The first-order valence-corrected chi connectivity index (χ1v) is 7.46. The number of hydrogen-bond acceptors (Lipinski definition) is 5. The fourth-order valence-electron chi connectivity index (χ4n) is 3.04. The van der Waals surface area contributed by atoms with E-state index in [1.165, 1.54) is 15.4 Å². The number of rotatable bonds is 2. The highest BCUT2D eigenvalue weighted by Gasteiger charge is 2.19. The molecule has 7 nitrogen and oxygen atoms in total. The van der Waals surface area contributed by atoms with Crippen molar-refractivity contribution >= 4 is 16.6 Å². The number of nitrogens with zero attached hydrogens (tertiary/aromatic N) is 5. The molecule has 0 radical (unpaired) electrons. The van der Waals surface area contributed by atoms with Crippen LogP contribution in [-0.4, -0.2) is 48.4 Å². The molecule has 1 aliphatic heterocycles. The Labute approximate surface area is 126 Å². The molecule has 0 aliphatic carbocycles. The maximum absolute atomic E-state index is 12.5. The average molecular weight is 299 g/mol. The summed E-state index contributed by atoms with van der Waals surface area (Å²) < 4.78 is 2.92. The molecule has 114 valence electrons. The molecule has 1 atom stereocenters. The molecule has 4 rings (SSSR count). The van der Waals surface area contributed by atoms with Crippen LogP contribution in [0.1, 0.15) is 12.8 Å². The lowest BCUT2D eigenvalue weighted by Gasteiger charge is -2.29. The number of piperidine rings is 1. The Morgan fingerprint density at radius 2 is 2.18 bits per heavy atom. The molecule has 1 saturated heterocycles. The van der Waals surface area contributed by atoms with Crippen molar-refractivity contribution in [3.05, 3.63) is 41.1 Å². The number of aromatic nitrogens is 4. The van der Waals surface area contributed by atoms with Crippen LogP contribution in [0.3, 0.4) is 0 Å². The number of likely N-dealkylation sites (tertiary alicyclic amines) is 1. The lowest BCUT2D eigenvalue weighted by atomic mass is 10.1.